The Balaban J connectivity index is 2.10. The first-order valence-electron chi connectivity index (χ1n) is 4.53. The van der Waals surface area contributed by atoms with Crippen LogP contribution >= 0.6 is 0 Å². The molecule has 7 heteroatoms. The van der Waals surface area contributed by atoms with Crippen molar-refractivity contribution in [3.8, 4) is 0 Å². The van der Waals surface area contributed by atoms with Crippen molar-refractivity contribution in [2.45, 2.75) is 6.42 Å². The van der Waals surface area contributed by atoms with Crippen molar-refractivity contribution in [2.24, 2.45) is 11.7 Å². The van der Waals surface area contributed by atoms with Gasteiger partial charge < -0.3 is 15.7 Å². The van der Waals surface area contributed by atoms with Gasteiger partial charge in [0.15, 0.2) is 0 Å². The fraction of sp³-hybridized carbons (Fsp3) is 0.625. The topological polar surface area (TPSA) is 113 Å². The van der Waals surface area contributed by atoms with Crippen molar-refractivity contribution in [1.82, 2.24) is 10.2 Å². The summed E-state index contributed by atoms with van der Waals surface area (Å²) in [6.45, 7) is 1.36. The van der Waals surface area contributed by atoms with E-state index in [-0.39, 0.29) is 12.3 Å². The van der Waals surface area contributed by atoms with Gasteiger partial charge in [-0.05, 0) is 0 Å². The molecular weight excluding hydrogens is 202 g/mol. The molecule has 84 valence electrons. The molecule has 0 spiro atoms. The van der Waals surface area contributed by atoms with Crippen molar-refractivity contribution in [2.75, 3.05) is 19.6 Å². The van der Waals surface area contributed by atoms with Crippen LogP contribution in [0.1, 0.15) is 6.42 Å². The van der Waals surface area contributed by atoms with Crippen LogP contribution in [-0.4, -0.2) is 47.5 Å². The number of carbonyl (C=O) groups excluding carboxylic acids is 2. The van der Waals surface area contributed by atoms with E-state index in [4.69, 9.17) is 10.8 Å². The highest BCUT2D eigenvalue weighted by molar-refractivity contribution is 5.93. The van der Waals surface area contributed by atoms with Gasteiger partial charge in [-0.25, -0.2) is 4.79 Å². The second-order valence-corrected chi connectivity index (χ2v) is 3.46. The third-order valence-electron chi connectivity index (χ3n) is 2.22. The van der Waals surface area contributed by atoms with E-state index in [1.54, 1.807) is 0 Å². The van der Waals surface area contributed by atoms with Gasteiger partial charge in [-0.1, -0.05) is 0 Å². The van der Waals surface area contributed by atoms with E-state index in [1.807, 2.05) is 10.2 Å². The normalized spacial score (nSPS) is 16.8. The number of aliphatic carboxylic acids is 1. The quantitative estimate of drug-likeness (QED) is 0.533. The first-order valence-corrected chi connectivity index (χ1v) is 4.53. The number of nitrogens with one attached hydrogen (secondary N) is 1. The summed E-state index contributed by atoms with van der Waals surface area (Å²) >= 11 is 0. The molecule has 0 aromatic heterocycles. The molecule has 7 nitrogen and oxygen atoms in total. The Morgan fingerprint density at radius 1 is 1.40 bits per heavy atom. The van der Waals surface area contributed by atoms with Gasteiger partial charge in [0.1, 0.15) is 0 Å². The Hall–Kier alpha value is -1.63. The predicted molar refractivity (Wildman–Crippen MR) is 49.9 cm³/mol. The van der Waals surface area contributed by atoms with Crippen LogP contribution in [0.25, 0.3) is 0 Å². The first-order chi connectivity index (χ1) is 6.99. The summed E-state index contributed by atoms with van der Waals surface area (Å²) in [5, 5.41) is 10.5. The summed E-state index contributed by atoms with van der Waals surface area (Å²) in [5.41, 5.74) is 4.75. The molecule has 0 aromatic rings. The van der Waals surface area contributed by atoms with Gasteiger partial charge in [-0.3, -0.25) is 14.9 Å². The number of primary amides is 1. The number of hydrogen-bond donors (Lipinski definition) is 3. The molecule has 4 N–H and O–H groups in total. The Labute approximate surface area is 86.2 Å². The number of urea groups is 1. The summed E-state index contributed by atoms with van der Waals surface area (Å²) in [5.74, 6) is -1.58. The van der Waals surface area contributed by atoms with Crippen LogP contribution in [0.2, 0.25) is 0 Å². The average molecular weight is 215 g/mol. The average Bonchev–Trinajstić information content (AvgIpc) is 1.98. The zero-order valence-electron chi connectivity index (χ0n) is 8.10. The fourth-order valence-electron chi connectivity index (χ4n) is 1.37. The zero-order chi connectivity index (χ0) is 11.4. The molecule has 1 fully saturated rings. The maximum Gasteiger partial charge on any atom is 0.318 e. The van der Waals surface area contributed by atoms with Crippen molar-refractivity contribution >= 4 is 17.9 Å². The number of amides is 3. The lowest BCUT2D eigenvalue weighted by Gasteiger charge is -2.36. The number of imide groups is 1. The minimum absolute atomic E-state index is 0.148. The smallest absolute Gasteiger partial charge is 0.318 e. The van der Waals surface area contributed by atoms with E-state index in [0.717, 1.165) is 0 Å². The molecule has 0 saturated carbocycles. The molecule has 1 aliphatic heterocycles. The van der Waals surface area contributed by atoms with Crippen molar-refractivity contribution in [3.63, 3.8) is 0 Å². The fourth-order valence-corrected chi connectivity index (χ4v) is 1.37. The van der Waals surface area contributed by atoms with Gasteiger partial charge >= 0.3 is 12.0 Å². The van der Waals surface area contributed by atoms with E-state index in [1.165, 1.54) is 0 Å². The van der Waals surface area contributed by atoms with E-state index in [0.29, 0.717) is 19.6 Å². The minimum atomic E-state index is -0.868. The van der Waals surface area contributed by atoms with Gasteiger partial charge in [-0.15, -0.1) is 0 Å². The lowest BCUT2D eigenvalue weighted by atomic mass is 10.0. The van der Waals surface area contributed by atoms with Crippen LogP contribution in [0, 0.1) is 5.92 Å². The van der Waals surface area contributed by atoms with Crippen LogP contribution in [-0.2, 0) is 9.59 Å². The largest absolute Gasteiger partial charge is 0.481 e. The minimum Gasteiger partial charge on any atom is -0.481 e. The van der Waals surface area contributed by atoms with Gasteiger partial charge in [0, 0.05) is 26.1 Å². The van der Waals surface area contributed by atoms with Crippen LogP contribution in [0.3, 0.4) is 0 Å². The third-order valence-corrected chi connectivity index (χ3v) is 2.22. The highest BCUT2D eigenvalue weighted by Gasteiger charge is 2.32. The standard InChI is InChI=1S/C8H13N3O4/c9-8(15)10-6(12)1-2-11-3-5(4-11)7(13)14/h5H,1-4H2,(H,13,14)(H3,9,10,12,15). The second-order valence-electron chi connectivity index (χ2n) is 3.46. The van der Waals surface area contributed by atoms with E-state index in [9.17, 15) is 14.4 Å². The van der Waals surface area contributed by atoms with Crippen molar-refractivity contribution in [3.05, 3.63) is 0 Å². The van der Waals surface area contributed by atoms with Crippen LogP contribution < -0.4 is 11.1 Å². The number of nitrogens with two attached hydrogens (primary N) is 1. The lowest BCUT2D eigenvalue weighted by molar-refractivity contribution is -0.147. The van der Waals surface area contributed by atoms with Crippen LogP contribution in [0.4, 0.5) is 4.79 Å². The molecule has 0 aromatic carbocycles. The van der Waals surface area contributed by atoms with E-state index in [2.05, 4.69) is 0 Å². The number of rotatable bonds is 4. The van der Waals surface area contributed by atoms with Crippen LogP contribution in [0.5, 0.6) is 0 Å². The molecule has 0 aliphatic carbocycles. The first kappa shape index (κ1) is 11.4. The molecule has 3 amide bonds. The Bertz CT molecular complexity index is 286. The molecule has 1 rings (SSSR count). The molecule has 0 bridgehead atoms. The van der Waals surface area contributed by atoms with Gasteiger partial charge in [0.05, 0.1) is 5.92 Å². The Kier molecular flexibility index (Phi) is 3.62. The van der Waals surface area contributed by atoms with E-state index >= 15 is 0 Å². The molecule has 1 aliphatic rings. The second kappa shape index (κ2) is 4.74. The molecule has 0 unspecified atom stereocenters. The number of hydrogen-bond acceptors (Lipinski definition) is 4. The number of carboxylic acids is 1. The van der Waals surface area contributed by atoms with Gasteiger partial charge in [0.25, 0.3) is 0 Å². The lowest BCUT2D eigenvalue weighted by Crippen LogP contribution is -2.51. The highest BCUT2D eigenvalue weighted by Crippen LogP contribution is 2.15. The zero-order valence-corrected chi connectivity index (χ0v) is 8.10. The molecule has 1 saturated heterocycles. The summed E-state index contributed by atoms with van der Waals surface area (Å²) < 4.78 is 0. The molecule has 1 heterocycles. The number of likely N-dealkylation sites (tertiary alicyclic amines) is 1. The summed E-state index contributed by atoms with van der Waals surface area (Å²) in [4.78, 5) is 33.5. The number of carboxylic acid groups (broad SMARTS) is 1. The maximum absolute atomic E-state index is 11.0. The third kappa shape index (κ3) is 3.55. The van der Waals surface area contributed by atoms with E-state index < -0.39 is 17.9 Å². The van der Waals surface area contributed by atoms with Crippen molar-refractivity contribution < 1.29 is 19.5 Å². The maximum atomic E-state index is 11.0. The summed E-state index contributed by atoms with van der Waals surface area (Å²) in [6.07, 6.45) is 0.148. The molecule has 15 heavy (non-hydrogen) atoms. The van der Waals surface area contributed by atoms with Crippen molar-refractivity contribution in [1.29, 1.82) is 0 Å². The SMILES string of the molecule is NC(=O)NC(=O)CCN1CC(C(=O)O)C1. The summed E-state index contributed by atoms with van der Waals surface area (Å²) in [7, 11) is 0. The monoisotopic (exact) mass is 215 g/mol. The molecule has 0 atom stereocenters. The van der Waals surface area contributed by atoms with Gasteiger partial charge in [0.2, 0.25) is 5.91 Å². The predicted octanol–water partition coefficient (Wildman–Crippen LogP) is -1.41. The number of carbonyl (C=O) groups is 3. The molecule has 0 radical (unpaired) electrons. The Morgan fingerprint density at radius 3 is 2.47 bits per heavy atom. The highest BCUT2D eigenvalue weighted by atomic mass is 16.4. The van der Waals surface area contributed by atoms with Gasteiger partial charge in [-0.2, -0.15) is 0 Å². The number of nitrogens with zero attached hydrogens (tertiary/aromatic N) is 1. The van der Waals surface area contributed by atoms with Crippen LogP contribution in [0.15, 0.2) is 0 Å². The Morgan fingerprint density at radius 2 is 2.00 bits per heavy atom. The molecular formula is C8H13N3O4. The summed E-state index contributed by atoms with van der Waals surface area (Å²) in [6, 6.07) is -0.868.